The topological polar surface area (TPSA) is 51.8 Å². The van der Waals surface area contributed by atoms with E-state index in [1.807, 2.05) is 13.0 Å². The maximum Gasteiger partial charge on any atom is 0.170 e. The number of hydrogen-bond acceptors (Lipinski definition) is 6. The van der Waals surface area contributed by atoms with Crippen LogP contribution < -0.4 is 5.73 Å². The summed E-state index contributed by atoms with van der Waals surface area (Å²) >= 11 is 3.55. The van der Waals surface area contributed by atoms with Gasteiger partial charge in [0.15, 0.2) is 11.6 Å². The van der Waals surface area contributed by atoms with Gasteiger partial charge in [-0.15, -0.1) is 22.7 Å². The first-order valence-electron chi connectivity index (χ1n) is 6.62. The second-order valence-electron chi connectivity index (χ2n) is 4.95. The molecule has 3 nitrogen and oxygen atoms in total. The molecule has 0 fully saturated rings. The third-order valence-corrected chi connectivity index (χ3v) is 5.93. The standard InChI is InChI=1S/C15H9F2N3S3/c1-6-2-3-7(21-6)10-12(16)13(17)11(8-4-5-9(18)22-8)15-14(10)19-23-20-15/h2-5H,18H2,1H3. The van der Waals surface area contributed by atoms with Gasteiger partial charge in [0.1, 0.15) is 11.0 Å². The molecule has 0 aliphatic heterocycles. The molecule has 0 radical (unpaired) electrons. The van der Waals surface area contributed by atoms with E-state index in [1.54, 1.807) is 18.2 Å². The normalized spacial score (nSPS) is 11.4. The summed E-state index contributed by atoms with van der Waals surface area (Å²) in [5, 5.41) is 0.536. The second-order valence-corrected chi connectivity index (χ2v) is 7.88. The second kappa shape index (κ2) is 5.33. The average Bonchev–Trinajstić information content (AvgIpc) is 3.23. The number of nitrogen functional groups attached to an aromatic ring is 1. The van der Waals surface area contributed by atoms with E-state index in [4.69, 9.17) is 5.73 Å². The maximum absolute atomic E-state index is 14.8. The van der Waals surface area contributed by atoms with E-state index in [0.29, 0.717) is 25.8 Å². The number of aryl methyl sites for hydroxylation is 1. The maximum atomic E-state index is 14.8. The average molecular weight is 365 g/mol. The molecular weight excluding hydrogens is 356 g/mol. The molecule has 4 aromatic rings. The van der Waals surface area contributed by atoms with Gasteiger partial charge in [0, 0.05) is 14.6 Å². The first-order chi connectivity index (χ1) is 11.1. The molecule has 4 rings (SSSR count). The van der Waals surface area contributed by atoms with E-state index < -0.39 is 11.6 Å². The Labute approximate surface area is 142 Å². The molecule has 0 aliphatic rings. The lowest BCUT2D eigenvalue weighted by molar-refractivity contribution is 0.516. The summed E-state index contributed by atoms with van der Waals surface area (Å²) in [4.78, 5) is 2.21. The van der Waals surface area contributed by atoms with E-state index in [9.17, 15) is 8.78 Å². The van der Waals surface area contributed by atoms with Crippen LogP contribution in [0.15, 0.2) is 24.3 Å². The molecule has 0 unspecified atom stereocenters. The van der Waals surface area contributed by atoms with Crippen LogP contribution in [0.5, 0.6) is 0 Å². The number of hydrogen-bond donors (Lipinski definition) is 1. The Hall–Kier alpha value is -1.90. The van der Waals surface area contributed by atoms with Crippen molar-refractivity contribution in [1.82, 2.24) is 8.75 Å². The summed E-state index contributed by atoms with van der Waals surface area (Å²) in [5.41, 5.74) is 6.78. The smallest absolute Gasteiger partial charge is 0.170 e. The molecule has 116 valence electrons. The van der Waals surface area contributed by atoms with Gasteiger partial charge in [-0.25, -0.2) is 8.78 Å². The van der Waals surface area contributed by atoms with Crippen molar-refractivity contribution >= 4 is 50.4 Å². The van der Waals surface area contributed by atoms with Crippen molar-refractivity contribution in [3.8, 4) is 20.9 Å². The lowest BCUT2D eigenvalue weighted by atomic mass is 10.0. The van der Waals surface area contributed by atoms with E-state index in [0.717, 1.165) is 16.6 Å². The van der Waals surface area contributed by atoms with Gasteiger partial charge in [-0.2, -0.15) is 8.75 Å². The summed E-state index contributed by atoms with van der Waals surface area (Å²) < 4.78 is 38.0. The molecule has 0 amide bonds. The van der Waals surface area contributed by atoms with Crippen LogP contribution in [-0.4, -0.2) is 8.75 Å². The SMILES string of the molecule is Cc1ccc(-c2c(F)c(F)c(-c3ccc(N)s3)c3nsnc23)s1. The zero-order chi connectivity index (χ0) is 16.1. The first-order valence-corrected chi connectivity index (χ1v) is 8.98. The molecule has 0 atom stereocenters. The predicted molar refractivity (Wildman–Crippen MR) is 93.1 cm³/mol. The fraction of sp³-hybridized carbons (Fsp3) is 0.0667. The third-order valence-electron chi connectivity index (χ3n) is 3.45. The molecule has 3 heterocycles. The first kappa shape index (κ1) is 14.7. The van der Waals surface area contributed by atoms with Crippen LogP contribution in [0.3, 0.4) is 0 Å². The highest BCUT2D eigenvalue weighted by molar-refractivity contribution is 7.19. The molecule has 0 spiro atoms. The summed E-state index contributed by atoms with van der Waals surface area (Å²) in [5.74, 6) is -1.80. The zero-order valence-corrected chi connectivity index (χ0v) is 14.2. The fourth-order valence-electron chi connectivity index (χ4n) is 2.45. The molecule has 2 N–H and O–H groups in total. The van der Waals surface area contributed by atoms with Crippen LogP contribution in [0.1, 0.15) is 4.88 Å². The van der Waals surface area contributed by atoms with Crippen LogP contribution in [0.25, 0.3) is 31.9 Å². The Morgan fingerprint density at radius 2 is 1.43 bits per heavy atom. The van der Waals surface area contributed by atoms with E-state index >= 15 is 0 Å². The van der Waals surface area contributed by atoms with Crippen molar-refractivity contribution in [2.45, 2.75) is 6.92 Å². The van der Waals surface area contributed by atoms with Gasteiger partial charge in [0.05, 0.1) is 27.9 Å². The number of anilines is 1. The van der Waals surface area contributed by atoms with Crippen molar-refractivity contribution in [2.75, 3.05) is 5.73 Å². The van der Waals surface area contributed by atoms with Crippen molar-refractivity contribution < 1.29 is 8.78 Å². The van der Waals surface area contributed by atoms with Gasteiger partial charge < -0.3 is 5.73 Å². The number of halogens is 2. The van der Waals surface area contributed by atoms with Crippen LogP contribution in [0.2, 0.25) is 0 Å². The Morgan fingerprint density at radius 1 is 0.870 bits per heavy atom. The Bertz CT molecular complexity index is 952. The quantitative estimate of drug-likeness (QED) is 0.523. The van der Waals surface area contributed by atoms with Gasteiger partial charge in [-0.3, -0.25) is 0 Å². The van der Waals surface area contributed by atoms with Gasteiger partial charge in [-0.05, 0) is 31.2 Å². The van der Waals surface area contributed by atoms with Crippen molar-refractivity contribution in [2.24, 2.45) is 0 Å². The van der Waals surface area contributed by atoms with Crippen LogP contribution in [0, 0.1) is 18.6 Å². The molecule has 0 bridgehead atoms. The van der Waals surface area contributed by atoms with E-state index in [-0.39, 0.29) is 11.1 Å². The van der Waals surface area contributed by atoms with Crippen LogP contribution in [0.4, 0.5) is 13.8 Å². The Morgan fingerprint density at radius 3 is 1.91 bits per heavy atom. The molecule has 3 aromatic heterocycles. The van der Waals surface area contributed by atoms with E-state index in [1.165, 1.54) is 22.7 Å². The molecule has 8 heteroatoms. The van der Waals surface area contributed by atoms with Gasteiger partial charge in [-0.1, -0.05) is 0 Å². The summed E-state index contributed by atoms with van der Waals surface area (Å²) in [6.45, 7) is 1.92. The number of nitrogens with zero attached hydrogens (tertiary/aromatic N) is 2. The lowest BCUT2D eigenvalue weighted by Gasteiger charge is -2.08. The number of rotatable bonds is 2. The number of benzene rings is 1. The van der Waals surface area contributed by atoms with Gasteiger partial charge in [0.25, 0.3) is 0 Å². The highest BCUT2D eigenvalue weighted by Gasteiger charge is 2.26. The molecule has 0 saturated carbocycles. The van der Waals surface area contributed by atoms with Crippen LogP contribution >= 0.6 is 34.4 Å². The van der Waals surface area contributed by atoms with Gasteiger partial charge >= 0.3 is 0 Å². The number of aromatic nitrogens is 2. The highest BCUT2D eigenvalue weighted by atomic mass is 32.1. The molecule has 23 heavy (non-hydrogen) atoms. The lowest BCUT2D eigenvalue weighted by Crippen LogP contribution is -1.95. The third kappa shape index (κ3) is 2.25. The van der Waals surface area contributed by atoms with E-state index in [2.05, 4.69) is 8.75 Å². The summed E-state index contributed by atoms with van der Waals surface area (Å²) in [7, 11) is 0. The largest absolute Gasteiger partial charge is 0.391 e. The predicted octanol–water partition coefficient (Wildman–Crippen LogP) is 5.32. The van der Waals surface area contributed by atoms with Crippen LogP contribution in [-0.2, 0) is 0 Å². The molecule has 0 saturated heterocycles. The number of nitrogens with two attached hydrogens (primary N) is 1. The minimum absolute atomic E-state index is 0.130. The summed E-state index contributed by atoms with van der Waals surface area (Å²) in [6.07, 6.45) is 0. The minimum atomic E-state index is -0.909. The number of fused-ring (bicyclic) bond motifs is 1. The summed E-state index contributed by atoms with van der Waals surface area (Å²) in [6, 6.07) is 6.99. The fourth-order valence-corrected chi connectivity index (χ4v) is 4.73. The molecular formula is C15H9F2N3S3. The highest BCUT2D eigenvalue weighted by Crippen LogP contribution is 2.43. The molecule has 1 aromatic carbocycles. The van der Waals surface area contributed by atoms with Crippen molar-refractivity contribution in [1.29, 1.82) is 0 Å². The van der Waals surface area contributed by atoms with Crippen molar-refractivity contribution in [3.05, 3.63) is 40.8 Å². The van der Waals surface area contributed by atoms with Gasteiger partial charge in [0.2, 0.25) is 0 Å². The minimum Gasteiger partial charge on any atom is -0.391 e. The monoisotopic (exact) mass is 365 g/mol. The zero-order valence-electron chi connectivity index (χ0n) is 11.8. The Balaban J connectivity index is 2.09. The number of thiophene rings is 2. The molecule has 0 aliphatic carbocycles. The van der Waals surface area contributed by atoms with Crippen molar-refractivity contribution in [3.63, 3.8) is 0 Å². The Kier molecular flexibility index (Phi) is 3.40.